The maximum absolute atomic E-state index is 6.62. The van der Waals surface area contributed by atoms with Gasteiger partial charge in [-0.05, 0) is 76.5 Å². The zero-order valence-corrected chi connectivity index (χ0v) is 32.6. The van der Waals surface area contributed by atoms with Crippen LogP contribution < -0.4 is 0 Å². The first-order valence-corrected chi connectivity index (χ1v) is 20.4. The van der Waals surface area contributed by atoms with Crippen molar-refractivity contribution in [1.29, 1.82) is 0 Å². The Morgan fingerprint density at radius 1 is 0.328 bits per heavy atom. The zero-order chi connectivity index (χ0) is 40.0. The lowest BCUT2D eigenvalue weighted by Gasteiger charge is -2.16. The number of benzene rings is 9. The maximum Gasteiger partial charge on any atom is 0.166 e. The molecule has 9 aromatic carbocycles. The molecule has 0 atom stereocenters. The van der Waals surface area contributed by atoms with Gasteiger partial charge in [0.05, 0.1) is 22.1 Å². The molecule has 13 rings (SSSR count). The molecule has 13 aromatic rings. The first-order chi connectivity index (χ1) is 30.2. The molecule has 0 spiro atoms. The third-order valence-corrected chi connectivity index (χ3v) is 12.0. The van der Waals surface area contributed by atoms with Gasteiger partial charge in [0.2, 0.25) is 0 Å². The average molecular weight is 781 g/mol. The van der Waals surface area contributed by atoms with Crippen LogP contribution in [0, 0.1) is 0 Å². The zero-order valence-electron chi connectivity index (χ0n) is 32.6. The summed E-state index contributed by atoms with van der Waals surface area (Å²) in [4.78, 5) is 16.2. The van der Waals surface area contributed by atoms with Gasteiger partial charge in [-0.1, -0.05) is 140 Å². The van der Waals surface area contributed by atoms with Crippen LogP contribution >= 0.6 is 0 Å². The highest BCUT2D eigenvalue weighted by Crippen LogP contribution is 2.44. The van der Waals surface area contributed by atoms with Crippen LogP contribution in [0.4, 0.5) is 0 Å². The predicted octanol–water partition coefficient (Wildman–Crippen LogP) is 14.6. The summed E-state index contributed by atoms with van der Waals surface area (Å²) in [5.74, 6) is 1.67. The molecule has 0 fully saturated rings. The quantitative estimate of drug-likeness (QED) is 0.174. The Balaban J connectivity index is 1.16. The van der Waals surface area contributed by atoms with Gasteiger partial charge in [0, 0.05) is 43.6 Å². The molecule has 6 heteroatoms. The minimum absolute atomic E-state index is 0.545. The van der Waals surface area contributed by atoms with Crippen molar-refractivity contribution in [1.82, 2.24) is 19.5 Å². The van der Waals surface area contributed by atoms with Crippen LogP contribution in [-0.4, -0.2) is 19.5 Å². The predicted molar refractivity (Wildman–Crippen MR) is 248 cm³/mol. The molecule has 0 unspecified atom stereocenters. The van der Waals surface area contributed by atoms with E-state index in [9.17, 15) is 0 Å². The summed E-state index contributed by atoms with van der Waals surface area (Å²) in [7, 11) is 0. The van der Waals surface area contributed by atoms with Gasteiger partial charge in [-0.15, -0.1) is 0 Å². The molecule has 0 aliphatic rings. The molecule has 4 heterocycles. The first-order valence-electron chi connectivity index (χ1n) is 20.4. The SMILES string of the molecule is c1ccc(-c2cccc(-c3nc(-c4ccc5oc6ccccc6c5c4-n4c5ccccc5c5cc6ccccc6cc54)nc(-c4cccc5oc6ccccc6c45)n3)c2)cc1. The van der Waals surface area contributed by atoms with Crippen LogP contribution in [-0.2, 0) is 0 Å². The Morgan fingerprint density at radius 3 is 1.70 bits per heavy atom. The van der Waals surface area contributed by atoms with Crippen LogP contribution in [0.3, 0.4) is 0 Å². The molecule has 0 saturated heterocycles. The van der Waals surface area contributed by atoms with Crippen molar-refractivity contribution in [2.75, 3.05) is 0 Å². The Bertz CT molecular complexity index is 3900. The summed E-state index contributed by atoms with van der Waals surface area (Å²) >= 11 is 0. The molecule has 284 valence electrons. The fraction of sp³-hybridized carbons (Fsp3) is 0. The number of hydrogen-bond donors (Lipinski definition) is 0. The largest absolute Gasteiger partial charge is 0.456 e. The van der Waals surface area contributed by atoms with Crippen LogP contribution in [0.25, 0.3) is 127 Å². The fourth-order valence-electron chi connectivity index (χ4n) is 9.28. The molecule has 4 aromatic heterocycles. The lowest BCUT2D eigenvalue weighted by Crippen LogP contribution is -2.04. The lowest BCUT2D eigenvalue weighted by molar-refractivity contribution is 0.668. The van der Waals surface area contributed by atoms with Crippen molar-refractivity contribution in [3.63, 3.8) is 0 Å². The molecule has 0 amide bonds. The molecule has 0 radical (unpaired) electrons. The van der Waals surface area contributed by atoms with Crippen molar-refractivity contribution >= 4 is 76.5 Å². The van der Waals surface area contributed by atoms with Crippen molar-refractivity contribution in [3.05, 3.63) is 194 Å². The van der Waals surface area contributed by atoms with Crippen LogP contribution in [0.15, 0.2) is 203 Å². The highest BCUT2D eigenvalue weighted by atomic mass is 16.3. The van der Waals surface area contributed by atoms with Crippen LogP contribution in [0.5, 0.6) is 0 Å². The normalized spacial score (nSPS) is 11.9. The molecule has 0 N–H and O–H groups in total. The van der Waals surface area contributed by atoms with Crippen molar-refractivity contribution in [2.45, 2.75) is 0 Å². The van der Waals surface area contributed by atoms with E-state index in [0.29, 0.717) is 17.5 Å². The summed E-state index contributed by atoms with van der Waals surface area (Å²) in [5.41, 5.74) is 11.1. The summed E-state index contributed by atoms with van der Waals surface area (Å²) in [6.07, 6.45) is 0. The molecule has 0 saturated carbocycles. The molecule has 61 heavy (non-hydrogen) atoms. The van der Waals surface area contributed by atoms with E-state index in [-0.39, 0.29) is 0 Å². The molecule has 0 bridgehead atoms. The first kappa shape index (κ1) is 33.6. The molecule has 0 aliphatic carbocycles. The monoisotopic (exact) mass is 780 g/mol. The number of aromatic nitrogens is 4. The fourth-order valence-corrected chi connectivity index (χ4v) is 9.28. The maximum atomic E-state index is 6.62. The number of fused-ring (bicyclic) bond motifs is 10. The van der Waals surface area contributed by atoms with Gasteiger partial charge in [-0.2, -0.15) is 0 Å². The smallest absolute Gasteiger partial charge is 0.166 e. The van der Waals surface area contributed by atoms with E-state index in [4.69, 9.17) is 23.8 Å². The second-order valence-electron chi connectivity index (χ2n) is 15.5. The van der Waals surface area contributed by atoms with E-state index >= 15 is 0 Å². The molecular formula is C55H32N4O2. The van der Waals surface area contributed by atoms with Gasteiger partial charge < -0.3 is 13.4 Å². The van der Waals surface area contributed by atoms with Gasteiger partial charge in [0.1, 0.15) is 22.3 Å². The second-order valence-corrected chi connectivity index (χ2v) is 15.5. The minimum Gasteiger partial charge on any atom is -0.456 e. The number of hydrogen-bond acceptors (Lipinski definition) is 5. The summed E-state index contributed by atoms with van der Waals surface area (Å²) < 4.78 is 15.4. The minimum atomic E-state index is 0.545. The van der Waals surface area contributed by atoms with Gasteiger partial charge in [0.15, 0.2) is 17.5 Å². The Morgan fingerprint density at radius 2 is 0.902 bits per heavy atom. The highest BCUT2D eigenvalue weighted by molar-refractivity contribution is 6.18. The van der Waals surface area contributed by atoms with E-state index in [1.807, 2.05) is 48.5 Å². The molecule has 0 aliphatic heterocycles. The number of para-hydroxylation sites is 3. The summed E-state index contributed by atoms with van der Waals surface area (Å²) in [6.45, 7) is 0. The third-order valence-electron chi connectivity index (χ3n) is 12.0. The van der Waals surface area contributed by atoms with Crippen molar-refractivity contribution in [2.24, 2.45) is 0 Å². The summed E-state index contributed by atoms with van der Waals surface area (Å²) in [5, 5.41) is 8.65. The Hall–Kier alpha value is -8.35. The van der Waals surface area contributed by atoms with E-state index in [0.717, 1.165) is 99.2 Å². The van der Waals surface area contributed by atoms with Gasteiger partial charge in [-0.3, -0.25) is 0 Å². The van der Waals surface area contributed by atoms with Gasteiger partial charge >= 0.3 is 0 Å². The Kier molecular flexibility index (Phi) is 7.21. The topological polar surface area (TPSA) is 69.9 Å². The van der Waals surface area contributed by atoms with E-state index in [1.54, 1.807) is 0 Å². The summed E-state index contributed by atoms with van der Waals surface area (Å²) in [6, 6.07) is 67.3. The van der Waals surface area contributed by atoms with Crippen LogP contribution in [0.1, 0.15) is 0 Å². The van der Waals surface area contributed by atoms with Gasteiger partial charge in [-0.25, -0.2) is 15.0 Å². The molecular weight excluding hydrogens is 749 g/mol. The number of rotatable bonds is 5. The lowest BCUT2D eigenvalue weighted by atomic mass is 10.0. The average Bonchev–Trinajstić information content (AvgIpc) is 4.00. The van der Waals surface area contributed by atoms with E-state index < -0.39 is 0 Å². The van der Waals surface area contributed by atoms with E-state index in [2.05, 4.69) is 150 Å². The number of furan rings is 2. The second kappa shape index (κ2) is 13.1. The van der Waals surface area contributed by atoms with Crippen molar-refractivity contribution < 1.29 is 8.83 Å². The van der Waals surface area contributed by atoms with Crippen molar-refractivity contribution in [3.8, 4) is 51.0 Å². The Labute approximate surface area is 348 Å². The highest BCUT2D eigenvalue weighted by Gasteiger charge is 2.25. The molecule has 6 nitrogen and oxygen atoms in total. The van der Waals surface area contributed by atoms with Crippen LogP contribution in [0.2, 0.25) is 0 Å². The number of nitrogens with zero attached hydrogens (tertiary/aromatic N) is 4. The standard InChI is InChI=1S/C55H32N4O2/c1-2-14-33(15-3-1)34-18-12-19-37(30-34)53-56-54(41-23-13-27-48-50(41)39-21-7-10-25-46(39)60-48)58-55(57-53)42-28-29-49-51(40-22-8-11-26-47(40)61-49)52(42)59-44-24-9-6-20-38(44)43-31-35-16-4-5-17-36(35)32-45(43)59/h1-32H. The van der Waals surface area contributed by atoms with E-state index in [1.165, 1.54) is 10.8 Å². The third kappa shape index (κ3) is 5.19. The van der Waals surface area contributed by atoms with Gasteiger partial charge in [0.25, 0.3) is 0 Å².